The van der Waals surface area contributed by atoms with E-state index >= 15 is 0 Å². The quantitative estimate of drug-likeness (QED) is 0.717. The summed E-state index contributed by atoms with van der Waals surface area (Å²) in [7, 11) is -0.147. The number of rotatable bonds is 7. The average molecular weight is 285 g/mol. The first kappa shape index (κ1) is 15.6. The molecule has 7 heteroatoms. The predicted molar refractivity (Wildman–Crippen MR) is 73.2 cm³/mol. The normalized spacial score (nSPS) is 11.5. The minimum Gasteiger partial charge on any atom is -0.358 e. The maximum Gasteiger partial charge on any atom is 0.240 e. The zero-order valence-electron chi connectivity index (χ0n) is 11.1. The molecule has 0 aliphatic carbocycles. The lowest BCUT2D eigenvalue weighted by Crippen LogP contribution is -2.38. The molecule has 1 amide bonds. The number of hydrogen-bond donors (Lipinski definition) is 2. The van der Waals surface area contributed by atoms with Crippen molar-refractivity contribution in [2.75, 3.05) is 33.7 Å². The molecule has 0 heterocycles. The molecule has 1 aromatic rings. The Morgan fingerprint density at radius 1 is 1.26 bits per heavy atom. The van der Waals surface area contributed by atoms with Gasteiger partial charge in [0.2, 0.25) is 15.9 Å². The van der Waals surface area contributed by atoms with E-state index in [1.807, 2.05) is 0 Å². The van der Waals surface area contributed by atoms with Crippen LogP contribution in [0.3, 0.4) is 0 Å². The molecule has 2 N–H and O–H groups in total. The molecule has 0 atom stereocenters. The standard InChI is InChI=1S/C12H19N3O3S/c1-13-12(16)10-15(2)9-8-14-19(17,18)11-6-4-3-5-7-11/h3-7,14H,8-10H2,1-2H3,(H,13,16). The van der Waals surface area contributed by atoms with Crippen LogP contribution in [0.4, 0.5) is 0 Å². The Morgan fingerprint density at radius 3 is 2.47 bits per heavy atom. The maximum atomic E-state index is 11.9. The molecular formula is C12H19N3O3S. The Hall–Kier alpha value is -1.44. The molecule has 6 nitrogen and oxygen atoms in total. The van der Waals surface area contributed by atoms with Crippen LogP contribution in [0.1, 0.15) is 0 Å². The predicted octanol–water partition coefficient (Wildman–Crippen LogP) is -0.357. The number of nitrogens with zero attached hydrogens (tertiary/aromatic N) is 1. The highest BCUT2D eigenvalue weighted by Crippen LogP contribution is 2.06. The van der Waals surface area contributed by atoms with E-state index in [0.29, 0.717) is 6.54 Å². The Labute approximate surface area is 113 Å². The molecule has 0 fully saturated rings. The first-order valence-electron chi connectivity index (χ1n) is 5.89. The van der Waals surface area contributed by atoms with Crippen LogP contribution >= 0.6 is 0 Å². The van der Waals surface area contributed by atoms with Gasteiger partial charge in [0.25, 0.3) is 0 Å². The minimum absolute atomic E-state index is 0.103. The van der Waals surface area contributed by atoms with Crippen LogP contribution in [0.15, 0.2) is 35.2 Å². The Balaban J connectivity index is 2.43. The lowest BCUT2D eigenvalue weighted by molar-refractivity contribution is -0.121. The maximum absolute atomic E-state index is 11.9. The van der Waals surface area contributed by atoms with Gasteiger partial charge in [-0.15, -0.1) is 0 Å². The smallest absolute Gasteiger partial charge is 0.240 e. The number of nitrogens with one attached hydrogen (secondary N) is 2. The molecule has 1 rings (SSSR count). The summed E-state index contributed by atoms with van der Waals surface area (Å²) in [5.74, 6) is -0.103. The number of amides is 1. The number of benzene rings is 1. The van der Waals surface area contributed by atoms with Crippen LogP contribution in [0, 0.1) is 0 Å². The third-order valence-electron chi connectivity index (χ3n) is 2.53. The second-order valence-corrected chi connectivity index (χ2v) is 5.89. The number of likely N-dealkylation sites (N-methyl/N-ethyl adjacent to an activating group) is 2. The highest BCUT2D eigenvalue weighted by Gasteiger charge is 2.13. The van der Waals surface area contributed by atoms with Gasteiger partial charge < -0.3 is 5.32 Å². The van der Waals surface area contributed by atoms with E-state index in [2.05, 4.69) is 10.0 Å². The second-order valence-electron chi connectivity index (χ2n) is 4.12. The van der Waals surface area contributed by atoms with Crippen molar-refractivity contribution in [1.29, 1.82) is 0 Å². The van der Waals surface area contributed by atoms with Crippen molar-refractivity contribution in [2.24, 2.45) is 0 Å². The van der Waals surface area contributed by atoms with Crippen LogP contribution in [0.25, 0.3) is 0 Å². The van der Waals surface area contributed by atoms with Crippen molar-refractivity contribution in [2.45, 2.75) is 4.90 Å². The lowest BCUT2D eigenvalue weighted by atomic mass is 10.4. The van der Waals surface area contributed by atoms with Crippen molar-refractivity contribution in [1.82, 2.24) is 14.9 Å². The number of carbonyl (C=O) groups is 1. The molecule has 0 saturated carbocycles. The fourth-order valence-electron chi connectivity index (χ4n) is 1.46. The van der Waals surface area contributed by atoms with Crippen molar-refractivity contribution in [3.63, 3.8) is 0 Å². The molecule has 106 valence electrons. The Morgan fingerprint density at radius 2 is 1.89 bits per heavy atom. The fraction of sp³-hybridized carbons (Fsp3) is 0.417. The fourth-order valence-corrected chi connectivity index (χ4v) is 2.50. The zero-order chi connectivity index (χ0) is 14.3. The molecular weight excluding hydrogens is 266 g/mol. The van der Waals surface area contributed by atoms with Gasteiger partial charge in [-0.2, -0.15) is 0 Å². The van der Waals surface area contributed by atoms with Gasteiger partial charge in [-0.05, 0) is 19.2 Å². The van der Waals surface area contributed by atoms with E-state index in [9.17, 15) is 13.2 Å². The average Bonchev–Trinajstić information content (AvgIpc) is 2.39. The number of hydrogen-bond acceptors (Lipinski definition) is 4. The summed E-state index contributed by atoms with van der Waals surface area (Å²) in [6.07, 6.45) is 0. The molecule has 19 heavy (non-hydrogen) atoms. The Kier molecular flexibility index (Phi) is 5.94. The van der Waals surface area contributed by atoms with Crippen molar-refractivity contribution >= 4 is 15.9 Å². The van der Waals surface area contributed by atoms with E-state index in [1.165, 1.54) is 12.1 Å². The van der Waals surface area contributed by atoms with Crippen LogP contribution in [-0.2, 0) is 14.8 Å². The van der Waals surface area contributed by atoms with E-state index in [4.69, 9.17) is 0 Å². The van der Waals surface area contributed by atoms with Crippen LogP contribution in [0.5, 0.6) is 0 Å². The first-order chi connectivity index (χ1) is 8.95. The molecule has 0 spiro atoms. The summed E-state index contributed by atoms with van der Waals surface area (Å²) in [5, 5.41) is 2.51. The molecule has 0 saturated heterocycles. The van der Waals surface area contributed by atoms with Crippen LogP contribution < -0.4 is 10.0 Å². The lowest BCUT2D eigenvalue weighted by Gasteiger charge is -2.15. The largest absolute Gasteiger partial charge is 0.358 e. The summed E-state index contributed by atoms with van der Waals surface area (Å²) in [6.45, 7) is 0.952. The molecule has 0 unspecified atom stereocenters. The van der Waals surface area contributed by atoms with Gasteiger partial charge in [0.15, 0.2) is 0 Å². The minimum atomic E-state index is -3.47. The zero-order valence-corrected chi connectivity index (χ0v) is 11.9. The summed E-state index contributed by atoms with van der Waals surface area (Å²) in [4.78, 5) is 13.1. The van der Waals surface area contributed by atoms with E-state index < -0.39 is 10.0 Å². The van der Waals surface area contributed by atoms with Crippen molar-refractivity contribution in [3.05, 3.63) is 30.3 Å². The van der Waals surface area contributed by atoms with Crippen LogP contribution in [0.2, 0.25) is 0 Å². The SMILES string of the molecule is CNC(=O)CN(C)CCNS(=O)(=O)c1ccccc1. The van der Waals surface area contributed by atoms with Gasteiger partial charge in [-0.25, -0.2) is 13.1 Å². The Bertz CT molecular complexity index is 502. The third-order valence-corrected chi connectivity index (χ3v) is 4.01. The second kappa shape index (κ2) is 7.22. The topological polar surface area (TPSA) is 78.5 Å². The molecule has 0 aliphatic rings. The summed E-state index contributed by atoms with van der Waals surface area (Å²) >= 11 is 0. The summed E-state index contributed by atoms with van der Waals surface area (Å²) in [5.41, 5.74) is 0. The molecule has 0 bridgehead atoms. The number of carbonyl (C=O) groups excluding carboxylic acids is 1. The molecule has 0 aromatic heterocycles. The summed E-state index contributed by atoms with van der Waals surface area (Å²) in [6, 6.07) is 8.18. The summed E-state index contributed by atoms with van der Waals surface area (Å²) < 4.78 is 26.3. The first-order valence-corrected chi connectivity index (χ1v) is 7.38. The van der Waals surface area contributed by atoms with Gasteiger partial charge in [0.1, 0.15) is 0 Å². The van der Waals surface area contributed by atoms with Gasteiger partial charge in [0.05, 0.1) is 11.4 Å². The van der Waals surface area contributed by atoms with E-state index in [0.717, 1.165) is 0 Å². The highest BCUT2D eigenvalue weighted by molar-refractivity contribution is 7.89. The van der Waals surface area contributed by atoms with Crippen molar-refractivity contribution in [3.8, 4) is 0 Å². The van der Waals surface area contributed by atoms with Gasteiger partial charge in [-0.3, -0.25) is 9.69 Å². The van der Waals surface area contributed by atoms with Crippen molar-refractivity contribution < 1.29 is 13.2 Å². The highest BCUT2D eigenvalue weighted by atomic mass is 32.2. The number of sulfonamides is 1. The molecule has 0 radical (unpaired) electrons. The third kappa shape index (κ3) is 5.37. The molecule has 1 aromatic carbocycles. The molecule has 0 aliphatic heterocycles. The monoisotopic (exact) mass is 285 g/mol. The van der Waals surface area contributed by atoms with Gasteiger partial charge in [0, 0.05) is 20.1 Å². The van der Waals surface area contributed by atoms with Gasteiger partial charge >= 0.3 is 0 Å². The van der Waals surface area contributed by atoms with Gasteiger partial charge in [-0.1, -0.05) is 18.2 Å². The van der Waals surface area contributed by atoms with Crippen LogP contribution in [-0.4, -0.2) is 53.0 Å². The van der Waals surface area contributed by atoms with E-state index in [-0.39, 0.29) is 23.9 Å². The van der Waals surface area contributed by atoms with E-state index in [1.54, 1.807) is 37.2 Å².